The van der Waals surface area contributed by atoms with Gasteiger partial charge in [0.15, 0.2) is 11.5 Å². The molecule has 0 aliphatic rings. The molecule has 0 bridgehead atoms. The Bertz CT molecular complexity index is 1150. The quantitative estimate of drug-likeness (QED) is 0.0584. The molecule has 2 rings (SSSR count). The van der Waals surface area contributed by atoms with Crippen molar-refractivity contribution >= 4 is 11.8 Å². The number of amides is 2. The number of hydrogen-bond donors (Lipinski definition) is 2. The SMILES string of the molecule is CCCCCCCCCCOc1ccc(C(=O)NNC(=O)c2ccc(OCCCCCCCCCC)c(OCCCCCCCCCC)c2)cc1. The minimum atomic E-state index is -0.416. The van der Waals surface area contributed by atoms with Crippen LogP contribution in [0.1, 0.15) is 196 Å². The Kier molecular flexibility index (Phi) is 26.2. The van der Waals surface area contributed by atoms with Crippen molar-refractivity contribution in [1.82, 2.24) is 10.9 Å². The first kappa shape index (κ1) is 43.9. The van der Waals surface area contributed by atoms with Gasteiger partial charge in [0.2, 0.25) is 0 Å². The molecule has 2 aromatic rings. The van der Waals surface area contributed by atoms with E-state index in [0.717, 1.165) is 37.9 Å². The Morgan fingerprint density at radius 2 is 0.765 bits per heavy atom. The lowest BCUT2D eigenvalue weighted by atomic mass is 10.1. The number of unbranched alkanes of at least 4 members (excludes halogenated alkanes) is 21. The van der Waals surface area contributed by atoms with Crippen LogP contribution >= 0.6 is 0 Å². The normalized spacial score (nSPS) is 11.0. The predicted octanol–water partition coefficient (Wildman–Crippen LogP) is 12.3. The molecule has 0 atom stereocenters. The number of hydrazine groups is 1. The molecule has 0 fully saturated rings. The van der Waals surface area contributed by atoms with Gasteiger partial charge in [0.1, 0.15) is 5.75 Å². The molecular weight excluding hydrogens is 636 g/mol. The highest BCUT2D eigenvalue weighted by molar-refractivity contribution is 5.99. The van der Waals surface area contributed by atoms with Crippen molar-refractivity contribution in [2.75, 3.05) is 19.8 Å². The fourth-order valence-electron chi connectivity index (χ4n) is 6.10. The number of carbonyl (C=O) groups is 2. The predicted molar refractivity (Wildman–Crippen MR) is 212 cm³/mol. The van der Waals surface area contributed by atoms with Crippen LogP contribution in [0.5, 0.6) is 17.2 Å². The zero-order valence-corrected chi connectivity index (χ0v) is 32.7. The van der Waals surface area contributed by atoms with Gasteiger partial charge < -0.3 is 14.2 Å². The van der Waals surface area contributed by atoms with Crippen LogP contribution in [-0.2, 0) is 0 Å². The topological polar surface area (TPSA) is 85.9 Å². The van der Waals surface area contributed by atoms with E-state index in [1.807, 2.05) is 0 Å². The Balaban J connectivity index is 1.81. The maximum atomic E-state index is 13.1. The largest absolute Gasteiger partial charge is 0.494 e. The minimum Gasteiger partial charge on any atom is -0.494 e. The Hall–Kier alpha value is -3.22. The van der Waals surface area contributed by atoms with Gasteiger partial charge in [-0.25, -0.2) is 0 Å². The van der Waals surface area contributed by atoms with Crippen LogP contribution in [-0.4, -0.2) is 31.6 Å². The van der Waals surface area contributed by atoms with Crippen molar-refractivity contribution in [3.05, 3.63) is 53.6 Å². The van der Waals surface area contributed by atoms with E-state index in [9.17, 15) is 9.59 Å². The van der Waals surface area contributed by atoms with Crippen LogP contribution in [0.2, 0.25) is 0 Å². The van der Waals surface area contributed by atoms with Crippen molar-refractivity contribution in [2.24, 2.45) is 0 Å². The summed E-state index contributed by atoms with van der Waals surface area (Å²) < 4.78 is 18.2. The van der Waals surface area contributed by atoms with Crippen LogP contribution in [0.15, 0.2) is 42.5 Å². The summed E-state index contributed by atoms with van der Waals surface area (Å²) >= 11 is 0. The fourth-order valence-corrected chi connectivity index (χ4v) is 6.10. The monoisotopic (exact) mass is 709 g/mol. The third kappa shape index (κ3) is 21.7. The summed E-state index contributed by atoms with van der Waals surface area (Å²) in [5, 5.41) is 0. The third-order valence-electron chi connectivity index (χ3n) is 9.39. The number of nitrogens with one attached hydrogen (secondary N) is 2. The van der Waals surface area contributed by atoms with E-state index in [4.69, 9.17) is 14.2 Å². The molecule has 0 saturated carbocycles. The van der Waals surface area contributed by atoms with E-state index < -0.39 is 11.8 Å². The molecule has 51 heavy (non-hydrogen) atoms. The molecule has 288 valence electrons. The molecule has 0 radical (unpaired) electrons. The number of benzene rings is 2. The lowest BCUT2D eigenvalue weighted by Gasteiger charge is -2.15. The highest BCUT2D eigenvalue weighted by Crippen LogP contribution is 2.29. The van der Waals surface area contributed by atoms with Crippen molar-refractivity contribution in [3.8, 4) is 17.2 Å². The standard InChI is InChI=1S/C44H72N2O5/c1-4-7-10-13-16-19-22-25-34-49-40-31-28-38(29-32-40)43(47)45-46-44(48)39-30-33-41(50-35-26-23-20-17-14-11-8-5-2)42(37-39)51-36-27-24-21-18-15-12-9-6-3/h28-33,37H,4-27,34-36H2,1-3H3,(H,45,47)(H,46,48). The molecule has 0 heterocycles. The van der Waals surface area contributed by atoms with E-state index in [2.05, 4.69) is 31.6 Å². The molecule has 0 aromatic heterocycles. The van der Waals surface area contributed by atoms with E-state index in [1.54, 1.807) is 42.5 Å². The highest BCUT2D eigenvalue weighted by atomic mass is 16.5. The smallest absolute Gasteiger partial charge is 0.269 e. The van der Waals surface area contributed by atoms with Gasteiger partial charge in [-0.2, -0.15) is 0 Å². The van der Waals surface area contributed by atoms with Gasteiger partial charge in [0, 0.05) is 11.1 Å². The Labute approximate surface area is 311 Å². The van der Waals surface area contributed by atoms with Crippen molar-refractivity contribution in [1.29, 1.82) is 0 Å². The molecule has 2 N–H and O–H groups in total. The van der Waals surface area contributed by atoms with Gasteiger partial charge in [-0.1, -0.05) is 156 Å². The summed E-state index contributed by atoms with van der Waals surface area (Å²) in [6.07, 6.45) is 29.7. The lowest BCUT2D eigenvalue weighted by Crippen LogP contribution is -2.41. The second kappa shape index (κ2) is 30.4. The summed E-state index contributed by atoms with van der Waals surface area (Å²) in [6, 6.07) is 12.2. The number of ether oxygens (including phenoxy) is 3. The van der Waals surface area contributed by atoms with Gasteiger partial charge in [-0.15, -0.1) is 0 Å². The van der Waals surface area contributed by atoms with E-state index in [-0.39, 0.29) is 0 Å². The van der Waals surface area contributed by atoms with Crippen LogP contribution in [0.3, 0.4) is 0 Å². The van der Waals surface area contributed by atoms with Crippen molar-refractivity contribution < 1.29 is 23.8 Å². The first-order chi connectivity index (χ1) is 25.1. The van der Waals surface area contributed by atoms with Crippen molar-refractivity contribution in [2.45, 2.75) is 175 Å². The number of carbonyl (C=O) groups excluding carboxylic acids is 2. The van der Waals surface area contributed by atoms with Crippen molar-refractivity contribution in [3.63, 3.8) is 0 Å². The molecular formula is C44H72N2O5. The highest BCUT2D eigenvalue weighted by Gasteiger charge is 2.14. The second-order valence-corrected chi connectivity index (χ2v) is 14.1. The molecule has 0 saturated heterocycles. The van der Waals surface area contributed by atoms with E-state index in [1.165, 1.54) is 122 Å². The zero-order valence-electron chi connectivity index (χ0n) is 32.7. The first-order valence-electron chi connectivity index (χ1n) is 20.8. The van der Waals surface area contributed by atoms with Crippen LogP contribution < -0.4 is 25.1 Å². The minimum absolute atomic E-state index is 0.394. The average Bonchev–Trinajstić information content (AvgIpc) is 3.15. The Morgan fingerprint density at radius 1 is 0.412 bits per heavy atom. The molecule has 0 aliphatic carbocycles. The maximum absolute atomic E-state index is 13.1. The van der Waals surface area contributed by atoms with Gasteiger partial charge in [0.05, 0.1) is 19.8 Å². The summed E-state index contributed by atoms with van der Waals surface area (Å²) in [4.78, 5) is 25.9. The first-order valence-corrected chi connectivity index (χ1v) is 20.8. The van der Waals surface area contributed by atoms with E-state index in [0.29, 0.717) is 42.4 Å². The Morgan fingerprint density at radius 3 is 1.22 bits per heavy atom. The van der Waals surface area contributed by atoms with Gasteiger partial charge in [0.25, 0.3) is 11.8 Å². The molecule has 7 heteroatoms. The molecule has 2 amide bonds. The zero-order chi connectivity index (χ0) is 36.6. The molecule has 2 aromatic carbocycles. The van der Waals surface area contributed by atoms with E-state index >= 15 is 0 Å². The third-order valence-corrected chi connectivity index (χ3v) is 9.39. The van der Waals surface area contributed by atoms with Crippen LogP contribution in [0.4, 0.5) is 0 Å². The van der Waals surface area contributed by atoms with Crippen LogP contribution in [0, 0.1) is 0 Å². The number of hydrogen-bond acceptors (Lipinski definition) is 5. The van der Waals surface area contributed by atoms with Gasteiger partial charge in [-0.05, 0) is 61.7 Å². The molecule has 0 spiro atoms. The van der Waals surface area contributed by atoms with Gasteiger partial charge >= 0.3 is 0 Å². The molecule has 0 aliphatic heterocycles. The maximum Gasteiger partial charge on any atom is 0.269 e. The fraction of sp³-hybridized carbons (Fsp3) is 0.682. The number of rotatable bonds is 32. The van der Waals surface area contributed by atoms with Crippen LogP contribution in [0.25, 0.3) is 0 Å². The summed E-state index contributed by atoms with van der Waals surface area (Å²) in [5.41, 5.74) is 5.92. The second-order valence-electron chi connectivity index (χ2n) is 14.1. The van der Waals surface area contributed by atoms with Gasteiger partial charge in [-0.3, -0.25) is 20.4 Å². The molecule has 0 unspecified atom stereocenters. The lowest BCUT2D eigenvalue weighted by molar-refractivity contribution is 0.0846. The summed E-state index contributed by atoms with van der Waals surface area (Å²) in [5.74, 6) is 1.15. The average molecular weight is 709 g/mol. The summed E-state index contributed by atoms with van der Waals surface area (Å²) in [6.45, 7) is 8.60. The summed E-state index contributed by atoms with van der Waals surface area (Å²) in [7, 11) is 0. The molecule has 7 nitrogen and oxygen atoms in total.